The molecule has 3 fully saturated rings. The molecule has 3 aliphatic rings. The van der Waals surface area contributed by atoms with Gasteiger partial charge in [0.25, 0.3) is 5.91 Å². The van der Waals surface area contributed by atoms with Gasteiger partial charge >= 0.3 is 12.0 Å². The van der Waals surface area contributed by atoms with Gasteiger partial charge in [0.15, 0.2) is 0 Å². The van der Waals surface area contributed by atoms with Gasteiger partial charge in [-0.15, -0.1) is 0 Å². The van der Waals surface area contributed by atoms with Crippen LogP contribution in [0.2, 0.25) is 0 Å². The Morgan fingerprint density at radius 3 is 2.74 bits per heavy atom. The van der Waals surface area contributed by atoms with E-state index in [2.05, 4.69) is 5.32 Å². The highest BCUT2D eigenvalue weighted by molar-refractivity contribution is 6.06. The molecule has 2 N–H and O–H groups in total. The minimum atomic E-state index is -1.02. The van der Waals surface area contributed by atoms with Gasteiger partial charge in [0.2, 0.25) is 5.91 Å². The Morgan fingerprint density at radius 1 is 1.32 bits per heavy atom. The molecule has 8 nitrogen and oxygen atoms in total. The number of urea groups is 1. The Balaban J connectivity index is 1.72. The quantitative estimate of drug-likeness (QED) is 0.622. The first-order valence-corrected chi connectivity index (χ1v) is 6.13. The molecule has 102 valence electrons. The van der Waals surface area contributed by atoms with Crippen molar-refractivity contribution in [3.8, 4) is 0 Å². The van der Waals surface area contributed by atoms with Crippen molar-refractivity contribution in [2.24, 2.45) is 0 Å². The van der Waals surface area contributed by atoms with Gasteiger partial charge in [0.1, 0.15) is 6.04 Å². The molecule has 3 aliphatic heterocycles. The number of likely N-dealkylation sites (tertiary alicyclic amines) is 1. The molecule has 0 aromatic carbocycles. The van der Waals surface area contributed by atoms with Crippen molar-refractivity contribution >= 4 is 23.8 Å². The molecule has 0 radical (unpaired) electrons. The third-order valence-corrected chi connectivity index (χ3v) is 3.99. The summed E-state index contributed by atoms with van der Waals surface area (Å²) in [5.41, 5.74) is 0. The Kier molecular flexibility index (Phi) is 2.48. The van der Waals surface area contributed by atoms with Crippen molar-refractivity contribution in [2.75, 3.05) is 6.54 Å². The van der Waals surface area contributed by atoms with Crippen LogP contribution in [0.15, 0.2) is 0 Å². The number of nitrogens with zero attached hydrogens (tertiary/aromatic N) is 2. The minimum Gasteiger partial charge on any atom is -0.481 e. The van der Waals surface area contributed by atoms with E-state index in [1.54, 1.807) is 4.90 Å². The molecule has 3 atom stereocenters. The van der Waals surface area contributed by atoms with E-state index in [0.29, 0.717) is 13.0 Å². The Hall–Kier alpha value is -2.12. The van der Waals surface area contributed by atoms with Gasteiger partial charge in [-0.25, -0.2) is 4.79 Å². The van der Waals surface area contributed by atoms with Crippen molar-refractivity contribution in [3.63, 3.8) is 0 Å². The number of hydrogen-bond acceptors (Lipinski definition) is 4. The van der Waals surface area contributed by atoms with Gasteiger partial charge < -0.3 is 14.9 Å². The highest BCUT2D eigenvalue weighted by Gasteiger charge is 2.59. The highest BCUT2D eigenvalue weighted by Crippen LogP contribution is 2.38. The molecule has 8 heteroatoms. The number of hydrogen-bond donors (Lipinski definition) is 2. The molecule has 0 aliphatic carbocycles. The number of amides is 4. The monoisotopic (exact) mass is 267 g/mol. The summed E-state index contributed by atoms with van der Waals surface area (Å²) in [6, 6.07) is -1.42. The van der Waals surface area contributed by atoms with Crippen molar-refractivity contribution in [1.82, 2.24) is 15.1 Å². The Labute approximate surface area is 108 Å². The number of carboxylic acid groups (broad SMARTS) is 1. The first kappa shape index (κ1) is 11.9. The standard InChI is InChI=1S/C11H13N3O5/c15-7(1-2-8(16)17)13-4-5-3-6(13)9-10(18)12-11(19)14(5)9/h5-6,9H,1-4H2,(H,16,17)(H,12,18,19). The highest BCUT2D eigenvalue weighted by atomic mass is 16.4. The summed E-state index contributed by atoms with van der Waals surface area (Å²) in [7, 11) is 0. The van der Waals surface area contributed by atoms with Crippen molar-refractivity contribution in [3.05, 3.63) is 0 Å². The van der Waals surface area contributed by atoms with Crippen LogP contribution in [0.5, 0.6) is 0 Å². The van der Waals surface area contributed by atoms with Crippen LogP contribution in [-0.4, -0.2) is 63.4 Å². The number of imide groups is 1. The number of carbonyl (C=O) groups excluding carboxylic acids is 3. The second-order valence-corrected chi connectivity index (χ2v) is 5.04. The molecule has 0 aromatic rings. The average molecular weight is 267 g/mol. The van der Waals surface area contributed by atoms with Crippen LogP contribution in [-0.2, 0) is 14.4 Å². The van der Waals surface area contributed by atoms with E-state index in [4.69, 9.17) is 5.11 Å². The molecule has 4 amide bonds. The zero-order valence-corrected chi connectivity index (χ0v) is 10.0. The van der Waals surface area contributed by atoms with E-state index < -0.39 is 12.0 Å². The first-order valence-electron chi connectivity index (χ1n) is 6.13. The summed E-state index contributed by atoms with van der Waals surface area (Å²) in [5, 5.41) is 10.8. The number of carboxylic acids is 1. The lowest BCUT2D eigenvalue weighted by molar-refractivity contribution is -0.142. The lowest BCUT2D eigenvalue weighted by Crippen LogP contribution is -2.54. The topological polar surface area (TPSA) is 107 Å². The predicted octanol–water partition coefficient (Wildman–Crippen LogP) is -1.25. The molecule has 19 heavy (non-hydrogen) atoms. The number of rotatable bonds is 3. The predicted molar refractivity (Wildman–Crippen MR) is 59.9 cm³/mol. The van der Waals surface area contributed by atoms with E-state index in [0.717, 1.165) is 0 Å². The SMILES string of the molecule is O=C(O)CCC(=O)N1CC2CC1C1C(=O)NC(=O)N21. The summed E-state index contributed by atoms with van der Waals surface area (Å²) in [6.45, 7) is 0.389. The van der Waals surface area contributed by atoms with E-state index in [1.165, 1.54) is 4.90 Å². The molecule has 2 bridgehead atoms. The fourth-order valence-corrected chi connectivity index (χ4v) is 3.24. The van der Waals surface area contributed by atoms with Crippen LogP contribution in [0, 0.1) is 0 Å². The number of piperazine rings is 1. The van der Waals surface area contributed by atoms with Crippen molar-refractivity contribution in [1.29, 1.82) is 0 Å². The van der Waals surface area contributed by atoms with Crippen LogP contribution < -0.4 is 5.32 Å². The van der Waals surface area contributed by atoms with Gasteiger partial charge in [0, 0.05) is 13.0 Å². The number of carbonyl (C=O) groups is 4. The largest absolute Gasteiger partial charge is 0.481 e. The molecule has 3 saturated heterocycles. The molecular formula is C11H13N3O5. The maximum absolute atomic E-state index is 11.9. The van der Waals surface area contributed by atoms with E-state index in [9.17, 15) is 19.2 Å². The fourth-order valence-electron chi connectivity index (χ4n) is 3.24. The lowest BCUT2D eigenvalue weighted by atomic mass is 10.1. The molecular weight excluding hydrogens is 254 g/mol. The third kappa shape index (κ3) is 1.66. The average Bonchev–Trinajstić information content (AvgIpc) is 2.99. The minimum absolute atomic E-state index is 0.0686. The Morgan fingerprint density at radius 2 is 2.05 bits per heavy atom. The molecule has 0 saturated carbocycles. The van der Waals surface area contributed by atoms with Crippen LogP contribution >= 0.6 is 0 Å². The van der Waals surface area contributed by atoms with Crippen LogP contribution in [0.25, 0.3) is 0 Å². The van der Waals surface area contributed by atoms with Crippen LogP contribution in [0.4, 0.5) is 4.79 Å². The molecule has 0 aromatic heterocycles. The first-order chi connectivity index (χ1) is 8.99. The molecule has 0 spiro atoms. The summed E-state index contributed by atoms with van der Waals surface area (Å²) in [6.07, 6.45) is 0.315. The summed E-state index contributed by atoms with van der Waals surface area (Å²) < 4.78 is 0. The maximum atomic E-state index is 11.9. The van der Waals surface area contributed by atoms with Gasteiger partial charge in [-0.3, -0.25) is 19.7 Å². The summed E-state index contributed by atoms with van der Waals surface area (Å²) in [5.74, 6) is -1.65. The molecule has 3 rings (SSSR count). The van der Waals surface area contributed by atoms with E-state index >= 15 is 0 Å². The Bertz CT molecular complexity index is 491. The van der Waals surface area contributed by atoms with Gasteiger partial charge in [0.05, 0.1) is 18.5 Å². The van der Waals surface area contributed by atoms with Crippen molar-refractivity contribution in [2.45, 2.75) is 37.4 Å². The van der Waals surface area contributed by atoms with Crippen LogP contribution in [0.1, 0.15) is 19.3 Å². The molecule has 3 heterocycles. The van der Waals surface area contributed by atoms with Gasteiger partial charge in [-0.05, 0) is 6.42 Å². The van der Waals surface area contributed by atoms with Crippen molar-refractivity contribution < 1.29 is 24.3 Å². The second-order valence-electron chi connectivity index (χ2n) is 5.04. The maximum Gasteiger partial charge on any atom is 0.325 e. The molecule has 3 unspecified atom stereocenters. The lowest BCUT2D eigenvalue weighted by Gasteiger charge is -2.34. The zero-order valence-electron chi connectivity index (χ0n) is 10.0. The normalized spacial score (nSPS) is 31.7. The summed E-state index contributed by atoms with van der Waals surface area (Å²) >= 11 is 0. The van der Waals surface area contributed by atoms with Crippen LogP contribution in [0.3, 0.4) is 0 Å². The zero-order chi connectivity index (χ0) is 13.7. The number of aliphatic carboxylic acids is 1. The second kappa shape index (κ2) is 3.94. The number of fused-ring (bicyclic) bond motifs is 5. The van der Waals surface area contributed by atoms with Gasteiger partial charge in [-0.1, -0.05) is 0 Å². The van der Waals surface area contributed by atoms with E-state index in [1.807, 2.05) is 0 Å². The number of nitrogens with one attached hydrogen (secondary N) is 1. The third-order valence-electron chi connectivity index (χ3n) is 3.99. The van der Waals surface area contributed by atoms with E-state index in [-0.39, 0.29) is 42.8 Å². The summed E-state index contributed by atoms with van der Waals surface area (Å²) in [4.78, 5) is 48.7. The van der Waals surface area contributed by atoms with Gasteiger partial charge in [-0.2, -0.15) is 0 Å². The fraction of sp³-hybridized carbons (Fsp3) is 0.636. The smallest absolute Gasteiger partial charge is 0.325 e.